The molecule has 4 nitrogen and oxygen atoms in total. The van der Waals surface area contributed by atoms with Crippen LogP contribution in [0.3, 0.4) is 0 Å². The molecule has 1 aromatic carbocycles. The van der Waals surface area contributed by atoms with Gasteiger partial charge in [0.25, 0.3) is 0 Å². The van der Waals surface area contributed by atoms with Crippen LogP contribution in [0.2, 0.25) is 5.02 Å². The molecule has 2 atom stereocenters. The average Bonchev–Trinajstić information content (AvgIpc) is 2.81. The highest BCUT2D eigenvalue weighted by atomic mass is 35.5. The van der Waals surface area contributed by atoms with Gasteiger partial charge in [-0.05, 0) is 20.2 Å². The monoisotopic (exact) mass is 331 g/mol. The Balaban J connectivity index is 1.90. The molecule has 0 bridgehead atoms. The second-order valence-electron chi connectivity index (χ2n) is 5.96. The molecule has 7 heteroatoms. The van der Waals surface area contributed by atoms with Gasteiger partial charge in [-0.3, -0.25) is 4.79 Å². The van der Waals surface area contributed by atoms with E-state index in [1.807, 2.05) is 0 Å². The maximum Gasteiger partial charge on any atom is 0.237 e. The van der Waals surface area contributed by atoms with Gasteiger partial charge >= 0.3 is 0 Å². The zero-order chi connectivity index (χ0) is 16.3. The van der Waals surface area contributed by atoms with Gasteiger partial charge < -0.3 is 15.5 Å². The zero-order valence-corrected chi connectivity index (χ0v) is 13.4. The van der Waals surface area contributed by atoms with Crippen molar-refractivity contribution in [3.8, 4) is 0 Å². The molecule has 1 amide bonds. The molecule has 2 rings (SSSR count). The fourth-order valence-corrected chi connectivity index (χ4v) is 2.87. The molecule has 0 aliphatic carbocycles. The standard InChI is InChI=1S/C15H20ClF2N3O/c1-21(2)9-15(18)6-12(20-8-15)14(22)19-7-10-4-3-5-11(16)13(10)17/h3-5,12,20H,6-9H2,1-2H3,(H,19,22)/t12-,15-/m0/s1. The summed E-state index contributed by atoms with van der Waals surface area (Å²) in [6.07, 6.45) is 0.106. The number of nitrogens with zero attached hydrogens (tertiary/aromatic N) is 1. The van der Waals surface area contributed by atoms with Gasteiger partial charge in [0.05, 0.1) is 11.1 Å². The molecule has 0 spiro atoms. The van der Waals surface area contributed by atoms with Crippen LogP contribution in [-0.4, -0.2) is 49.7 Å². The predicted molar refractivity (Wildman–Crippen MR) is 82.1 cm³/mol. The van der Waals surface area contributed by atoms with Crippen molar-refractivity contribution in [3.63, 3.8) is 0 Å². The molecule has 2 N–H and O–H groups in total. The summed E-state index contributed by atoms with van der Waals surface area (Å²) >= 11 is 5.69. The number of halogens is 3. The smallest absolute Gasteiger partial charge is 0.237 e. The van der Waals surface area contributed by atoms with Crippen LogP contribution in [0, 0.1) is 5.82 Å². The first-order valence-corrected chi connectivity index (χ1v) is 7.46. The van der Waals surface area contributed by atoms with Crippen molar-refractivity contribution < 1.29 is 13.6 Å². The zero-order valence-electron chi connectivity index (χ0n) is 12.6. The molecule has 1 heterocycles. The van der Waals surface area contributed by atoms with Crippen molar-refractivity contribution in [1.29, 1.82) is 0 Å². The summed E-state index contributed by atoms with van der Waals surface area (Å²) in [4.78, 5) is 13.8. The van der Waals surface area contributed by atoms with Gasteiger partial charge in [0, 0.05) is 31.6 Å². The van der Waals surface area contributed by atoms with E-state index in [-0.39, 0.29) is 37.0 Å². The third-order valence-corrected chi connectivity index (χ3v) is 3.93. The second kappa shape index (κ2) is 6.89. The molecule has 1 saturated heterocycles. The first-order chi connectivity index (χ1) is 10.3. The van der Waals surface area contributed by atoms with E-state index in [0.717, 1.165) is 0 Å². The van der Waals surface area contributed by atoms with Gasteiger partial charge in [-0.25, -0.2) is 8.78 Å². The van der Waals surface area contributed by atoms with Gasteiger partial charge in [0.1, 0.15) is 11.5 Å². The number of nitrogens with one attached hydrogen (secondary N) is 2. The number of carbonyl (C=O) groups is 1. The minimum absolute atomic E-state index is 0.0134. The molecule has 22 heavy (non-hydrogen) atoms. The Bertz CT molecular complexity index is 556. The van der Waals surface area contributed by atoms with Crippen LogP contribution in [0.25, 0.3) is 0 Å². The van der Waals surface area contributed by atoms with Gasteiger partial charge in [0.2, 0.25) is 5.91 Å². The number of rotatable bonds is 5. The van der Waals surface area contributed by atoms with Crippen molar-refractivity contribution in [2.24, 2.45) is 0 Å². The summed E-state index contributed by atoms with van der Waals surface area (Å²) in [5, 5.41) is 5.51. The molecule has 1 fully saturated rings. The lowest BCUT2D eigenvalue weighted by Gasteiger charge is -2.22. The SMILES string of the molecule is CN(C)C[C@@]1(F)CN[C@H](C(=O)NCc2cccc(Cl)c2F)C1. The van der Waals surface area contributed by atoms with Crippen LogP contribution in [0.4, 0.5) is 8.78 Å². The quantitative estimate of drug-likeness (QED) is 0.863. The molecule has 1 aromatic rings. The van der Waals surface area contributed by atoms with Gasteiger partial charge in [-0.1, -0.05) is 23.7 Å². The summed E-state index contributed by atoms with van der Waals surface area (Å²) in [6, 6.07) is 4.01. The van der Waals surface area contributed by atoms with Crippen molar-refractivity contribution >= 4 is 17.5 Å². The third-order valence-electron chi connectivity index (χ3n) is 3.64. The van der Waals surface area contributed by atoms with Crippen molar-refractivity contribution in [2.45, 2.75) is 24.7 Å². The minimum atomic E-state index is -1.42. The maximum absolute atomic E-state index is 14.5. The van der Waals surface area contributed by atoms with Crippen LogP contribution >= 0.6 is 11.6 Å². The van der Waals surface area contributed by atoms with E-state index in [0.29, 0.717) is 5.56 Å². The molecule has 0 unspecified atom stereocenters. The molecule has 0 radical (unpaired) electrons. The Morgan fingerprint density at radius 1 is 1.55 bits per heavy atom. The first-order valence-electron chi connectivity index (χ1n) is 7.08. The fourth-order valence-electron chi connectivity index (χ4n) is 2.68. The number of alkyl halides is 1. The summed E-state index contributed by atoms with van der Waals surface area (Å²) in [5.41, 5.74) is -1.12. The van der Waals surface area contributed by atoms with Crippen LogP contribution < -0.4 is 10.6 Å². The Hall–Kier alpha value is -1.24. The minimum Gasteiger partial charge on any atom is -0.351 e. The fraction of sp³-hybridized carbons (Fsp3) is 0.533. The lowest BCUT2D eigenvalue weighted by atomic mass is 10.0. The van der Waals surface area contributed by atoms with Crippen LogP contribution in [0.15, 0.2) is 18.2 Å². The molecule has 0 saturated carbocycles. The number of amides is 1. The van der Waals surface area contributed by atoms with Crippen molar-refractivity contribution in [1.82, 2.24) is 15.5 Å². The maximum atomic E-state index is 14.5. The molecule has 122 valence electrons. The third kappa shape index (κ3) is 4.15. The van der Waals surface area contributed by atoms with E-state index in [1.54, 1.807) is 31.1 Å². The van der Waals surface area contributed by atoms with E-state index < -0.39 is 17.5 Å². The van der Waals surface area contributed by atoms with Crippen molar-refractivity contribution in [2.75, 3.05) is 27.2 Å². The van der Waals surface area contributed by atoms with Crippen LogP contribution in [0.1, 0.15) is 12.0 Å². The lowest BCUT2D eigenvalue weighted by Crippen LogP contribution is -2.40. The Labute approximate surface area is 133 Å². The second-order valence-corrected chi connectivity index (χ2v) is 6.36. The predicted octanol–water partition coefficient (Wildman–Crippen LogP) is 1.73. The first kappa shape index (κ1) is 17.1. The lowest BCUT2D eigenvalue weighted by molar-refractivity contribution is -0.123. The number of carbonyl (C=O) groups excluding carboxylic acids is 1. The van der Waals surface area contributed by atoms with Crippen LogP contribution in [-0.2, 0) is 11.3 Å². The Kier molecular flexibility index (Phi) is 5.36. The average molecular weight is 332 g/mol. The number of hydrogen-bond donors (Lipinski definition) is 2. The topological polar surface area (TPSA) is 44.4 Å². The molecular weight excluding hydrogens is 312 g/mol. The Morgan fingerprint density at radius 2 is 2.27 bits per heavy atom. The van der Waals surface area contributed by atoms with E-state index in [4.69, 9.17) is 11.6 Å². The summed E-state index contributed by atoms with van der Waals surface area (Å²) < 4.78 is 28.2. The molecular formula is C15H20ClF2N3O. The van der Waals surface area contributed by atoms with Crippen molar-refractivity contribution in [3.05, 3.63) is 34.6 Å². The van der Waals surface area contributed by atoms with Gasteiger partial charge in [-0.2, -0.15) is 0 Å². The number of hydrogen-bond acceptors (Lipinski definition) is 3. The largest absolute Gasteiger partial charge is 0.351 e. The van der Waals surface area contributed by atoms with E-state index >= 15 is 0 Å². The Morgan fingerprint density at radius 3 is 2.95 bits per heavy atom. The van der Waals surface area contributed by atoms with Gasteiger partial charge in [-0.15, -0.1) is 0 Å². The highest BCUT2D eigenvalue weighted by molar-refractivity contribution is 6.30. The molecule has 1 aliphatic heterocycles. The molecule has 0 aromatic heterocycles. The number of benzene rings is 1. The van der Waals surface area contributed by atoms with E-state index in [9.17, 15) is 13.6 Å². The molecule has 1 aliphatic rings. The highest BCUT2D eigenvalue weighted by Crippen LogP contribution is 2.25. The summed E-state index contributed by atoms with van der Waals surface area (Å²) in [5.74, 6) is -0.881. The highest BCUT2D eigenvalue weighted by Gasteiger charge is 2.42. The van der Waals surface area contributed by atoms with E-state index in [1.165, 1.54) is 6.07 Å². The van der Waals surface area contributed by atoms with E-state index in [2.05, 4.69) is 10.6 Å². The van der Waals surface area contributed by atoms with Gasteiger partial charge in [0.15, 0.2) is 0 Å². The summed E-state index contributed by atoms with van der Waals surface area (Å²) in [7, 11) is 3.58. The normalized spacial score (nSPS) is 24.7. The van der Waals surface area contributed by atoms with Crippen LogP contribution in [0.5, 0.6) is 0 Å². The summed E-state index contributed by atoms with van der Waals surface area (Å²) in [6.45, 7) is 0.415.